The number of unbranched alkanes of at least 4 members (excludes halogenated alkanes) is 29. The topological polar surface area (TPSA) is 151 Å². The number of aliphatic hydroxyl groups excluding tert-OH is 2. The number of hydrogen-bond acceptors (Lipinski definition) is 7. The van der Waals surface area contributed by atoms with Crippen LogP contribution in [0.1, 0.15) is 239 Å². The Labute approximate surface area is 358 Å². The van der Waals surface area contributed by atoms with E-state index in [4.69, 9.17) is 14.8 Å². The summed E-state index contributed by atoms with van der Waals surface area (Å²) in [5, 5.41) is 24.3. The van der Waals surface area contributed by atoms with Gasteiger partial charge in [-0.3, -0.25) is 13.8 Å². The van der Waals surface area contributed by atoms with Crippen molar-refractivity contribution in [2.75, 3.05) is 19.8 Å². The first-order valence-electron chi connectivity index (χ1n) is 24.5. The number of nitrogens with one attached hydrogen (secondary N) is 1. The molecule has 10 heteroatoms. The molecule has 0 heterocycles. The van der Waals surface area contributed by atoms with Crippen LogP contribution in [0.4, 0.5) is 0 Å². The number of rotatable bonds is 46. The fourth-order valence-corrected chi connectivity index (χ4v) is 8.17. The van der Waals surface area contributed by atoms with Gasteiger partial charge in [0.1, 0.15) is 0 Å². The fourth-order valence-electron chi connectivity index (χ4n) is 7.41. The van der Waals surface area contributed by atoms with Crippen molar-refractivity contribution in [1.29, 1.82) is 0 Å². The summed E-state index contributed by atoms with van der Waals surface area (Å²) in [6.07, 6.45) is 47.9. The highest BCUT2D eigenvalue weighted by Crippen LogP contribution is 2.43. The summed E-state index contributed by atoms with van der Waals surface area (Å²) in [4.78, 5) is 22.9. The van der Waals surface area contributed by atoms with E-state index in [9.17, 15) is 24.5 Å². The zero-order valence-electron chi connectivity index (χ0n) is 37.9. The minimum Gasteiger partial charge on any atom is -0.393 e. The standard InChI is InChI=1S/C48H95N2O7P/c1-3-5-7-9-11-13-15-17-19-21-22-24-26-28-30-32-34-36-38-40-47(52)46(44-57-58(54,55)56-42-41-49)50-48(53)43-45(51)39-37-35-33-31-29-27-25-23-20-18-16-14-12-10-8-6-4-2/h12,14,16,18,45-47,51-52H,3-11,13,15,17,19-44,49H2,1-2H3,(H,50,53)(H,54,55)/b14-12-,18-16-. The SMILES string of the molecule is CCCCC/C=C\C=C/CCCCCCCCCCC(O)CC(=O)NC(COP(=O)(O)OCCN)C(O)CCCCCCCCCCCCCCCCCCCCC. The number of phosphoric acid groups is 1. The summed E-state index contributed by atoms with van der Waals surface area (Å²) < 4.78 is 22.2. The first-order chi connectivity index (χ1) is 28.3. The zero-order valence-corrected chi connectivity index (χ0v) is 38.8. The van der Waals surface area contributed by atoms with Gasteiger partial charge in [0.05, 0.1) is 37.9 Å². The molecule has 0 aliphatic heterocycles. The van der Waals surface area contributed by atoms with Crippen LogP contribution in [0.25, 0.3) is 0 Å². The van der Waals surface area contributed by atoms with Crippen LogP contribution in [0.15, 0.2) is 24.3 Å². The van der Waals surface area contributed by atoms with Gasteiger partial charge in [-0.15, -0.1) is 0 Å². The van der Waals surface area contributed by atoms with E-state index in [0.29, 0.717) is 12.8 Å². The summed E-state index contributed by atoms with van der Waals surface area (Å²) >= 11 is 0. The van der Waals surface area contributed by atoms with E-state index >= 15 is 0 Å². The van der Waals surface area contributed by atoms with Gasteiger partial charge in [-0.05, 0) is 38.5 Å². The maximum absolute atomic E-state index is 12.9. The molecule has 4 unspecified atom stereocenters. The van der Waals surface area contributed by atoms with Crippen LogP contribution in [0.2, 0.25) is 0 Å². The van der Waals surface area contributed by atoms with Crippen molar-refractivity contribution in [2.24, 2.45) is 5.73 Å². The van der Waals surface area contributed by atoms with E-state index in [2.05, 4.69) is 43.5 Å². The average Bonchev–Trinajstić information content (AvgIpc) is 3.20. The lowest BCUT2D eigenvalue weighted by molar-refractivity contribution is -0.125. The summed E-state index contributed by atoms with van der Waals surface area (Å²) in [5.41, 5.74) is 5.38. The smallest absolute Gasteiger partial charge is 0.393 e. The number of allylic oxidation sites excluding steroid dienone is 4. The number of nitrogens with two attached hydrogens (primary N) is 1. The van der Waals surface area contributed by atoms with Crippen LogP contribution in [-0.4, -0.2) is 59.0 Å². The Bertz CT molecular complexity index is 982. The van der Waals surface area contributed by atoms with Crippen molar-refractivity contribution in [3.63, 3.8) is 0 Å². The third-order valence-corrected chi connectivity index (χ3v) is 12.1. The summed E-state index contributed by atoms with van der Waals surface area (Å²) in [7, 11) is -4.38. The number of amides is 1. The molecule has 1 amide bonds. The number of carbonyl (C=O) groups is 1. The number of phosphoric ester groups is 1. The molecule has 344 valence electrons. The van der Waals surface area contributed by atoms with E-state index in [0.717, 1.165) is 44.9 Å². The number of aliphatic hydroxyl groups is 2. The molecule has 9 nitrogen and oxygen atoms in total. The Morgan fingerprint density at radius 3 is 1.41 bits per heavy atom. The van der Waals surface area contributed by atoms with Crippen LogP contribution in [-0.2, 0) is 18.4 Å². The lowest BCUT2D eigenvalue weighted by Crippen LogP contribution is -2.47. The molecular weight excluding hydrogens is 748 g/mol. The lowest BCUT2D eigenvalue weighted by atomic mass is 10.0. The molecule has 0 radical (unpaired) electrons. The molecule has 0 saturated heterocycles. The van der Waals surface area contributed by atoms with Crippen LogP contribution in [0.5, 0.6) is 0 Å². The predicted octanol–water partition coefficient (Wildman–Crippen LogP) is 13.1. The lowest BCUT2D eigenvalue weighted by Gasteiger charge is -2.25. The zero-order chi connectivity index (χ0) is 42.6. The molecular formula is C48H95N2O7P. The van der Waals surface area contributed by atoms with Crippen LogP contribution in [0.3, 0.4) is 0 Å². The third-order valence-electron chi connectivity index (χ3n) is 11.1. The molecule has 6 N–H and O–H groups in total. The molecule has 4 atom stereocenters. The molecule has 0 rings (SSSR count). The van der Waals surface area contributed by atoms with Crippen molar-refractivity contribution in [2.45, 2.75) is 257 Å². The van der Waals surface area contributed by atoms with Crippen molar-refractivity contribution in [1.82, 2.24) is 5.32 Å². The first-order valence-corrected chi connectivity index (χ1v) is 26.0. The normalized spacial score (nSPS) is 14.7. The van der Waals surface area contributed by atoms with Gasteiger partial charge in [-0.25, -0.2) is 4.57 Å². The third kappa shape index (κ3) is 41.7. The van der Waals surface area contributed by atoms with Gasteiger partial charge in [0.25, 0.3) is 0 Å². The fraction of sp³-hybridized carbons (Fsp3) is 0.896. The molecule has 0 aromatic heterocycles. The first kappa shape index (κ1) is 56.9. The average molecular weight is 843 g/mol. The van der Waals surface area contributed by atoms with Crippen molar-refractivity contribution in [3.05, 3.63) is 24.3 Å². The van der Waals surface area contributed by atoms with Crippen LogP contribution < -0.4 is 11.1 Å². The van der Waals surface area contributed by atoms with Crippen molar-refractivity contribution >= 4 is 13.7 Å². The second kappa shape index (κ2) is 44.0. The minimum atomic E-state index is -4.38. The van der Waals surface area contributed by atoms with Gasteiger partial charge >= 0.3 is 7.82 Å². The van der Waals surface area contributed by atoms with Gasteiger partial charge in [0.2, 0.25) is 5.91 Å². The molecule has 0 bridgehead atoms. The molecule has 0 spiro atoms. The van der Waals surface area contributed by atoms with Gasteiger partial charge in [0.15, 0.2) is 0 Å². The molecule has 0 saturated carbocycles. The Morgan fingerprint density at radius 1 is 0.586 bits per heavy atom. The van der Waals surface area contributed by atoms with Crippen molar-refractivity contribution in [3.8, 4) is 0 Å². The Hall–Kier alpha value is -1.06. The number of carbonyl (C=O) groups excluding carboxylic acids is 1. The van der Waals surface area contributed by atoms with E-state index in [-0.39, 0.29) is 26.2 Å². The summed E-state index contributed by atoms with van der Waals surface area (Å²) in [5.74, 6) is -0.415. The molecule has 0 aliphatic rings. The second-order valence-electron chi connectivity index (χ2n) is 16.9. The maximum atomic E-state index is 12.9. The van der Waals surface area contributed by atoms with E-state index in [1.807, 2.05) is 0 Å². The maximum Gasteiger partial charge on any atom is 0.472 e. The monoisotopic (exact) mass is 843 g/mol. The Balaban J connectivity index is 4.18. The van der Waals surface area contributed by atoms with E-state index in [1.54, 1.807) is 0 Å². The highest BCUT2D eigenvalue weighted by molar-refractivity contribution is 7.47. The highest BCUT2D eigenvalue weighted by Gasteiger charge is 2.28. The minimum absolute atomic E-state index is 0.0593. The largest absolute Gasteiger partial charge is 0.472 e. The summed E-state index contributed by atoms with van der Waals surface area (Å²) in [6, 6.07) is -0.898. The molecule has 0 aromatic rings. The molecule has 0 aromatic carbocycles. The highest BCUT2D eigenvalue weighted by atomic mass is 31.2. The van der Waals surface area contributed by atoms with Crippen LogP contribution >= 0.6 is 7.82 Å². The quantitative estimate of drug-likeness (QED) is 0.0231. The van der Waals surface area contributed by atoms with Gasteiger partial charge in [0, 0.05) is 6.54 Å². The second-order valence-corrected chi connectivity index (χ2v) is 18.3. The van der Waals surface area contributed by atoms with E-state index < -0.39 is 32.0 Å². The van der Waals surface area contributed by atoms with Crippen molar-refractivity contribution < 1.29 is 33.5 Å². The van der Waals surface area contributed by atoms with Gasteiger partial charge < -0.3 is 26.2 Å². The van der Waals surface area contributed by atoms with Crippen LogP contribution in [0, 0.1) is 0 Å². The predicted molar refractivity (Wildman–Crippen MR) is 246 cm³/mol. The van der Waals surface area contributed by atoms with Gasteiger partial charge in [-0.1, -0.05) is 218 Å². The van der Waals surface area contributed by atoms with Gasteiger partial charge in [-0.2, -0.15) is 0 Å². The molecule has 0 fully saturated rings. The molecule has 58 heavy (non-hydrogen) atoms. The Morgan fingerprint density at radius 2 is 0.966 bits per heavy atom. The Kier molecular flexibility index (Phi) is 43.2. The van der Waals surface area contributed by atoms with E-state index in [1.165, 1.54) is 161 Å². The number of hydrogen-bond donors (Lipinski definition) is 5. The summed E-state index contributed by atoms with van der Waals surface area (Å²) in [6.45, 7) is 4.04. The molecule has 0 aliphatic carbocycles.